The fourth-order valence-corrected chi connectivity index (χ4v) is 2.17. The minimum absolute atomic E-state index is 0.0213. The number of nitrogens with one attached hydrogen (secondary N) is 1. The van der Waals surface area contributed by atoms with E-state index in [-0.39, 0.29) is 5.78 Å². The first kappa shape index (κ1) is 12.8. The van der Waals surface area contributed by atoms with Crippen LogP contribution in [0.1, 0.15) is 17.3 Å². The van der Waals surface area contributed by atoms with Crippen LogP contribution in [0.5, 0.6) is 0 Å². The van der Waals surface area contributed by atoms with Crippen molar-refractivity contribution in [3.63, 3.8) is 0 Å². The first-order valence-electron chi connectivity index (χ1n) is 5.51. The third-order valence-electron chi connectivity index (χ3n) is 2.59. The predicted molar refractivity (Wildman–Crippen MR) is 75.6 cm³/mol. The maximum absolute atomic E-state index is 12.3. The average Bonchev–Trinajstić information content (AvgIpc) is 2.69. The number of hydrogen-bond acceptors (Lipinski definition) is 3. The van der Waals surface area contributed by atoms with Crippen molar-refractivity contribution in [2.75, 3.05) is 14.1 Å². The Labute approximate surface area is 114 Å². The minimum atomic E-state index is 0.0213. The summed E-state index contributed by atoms with van der Waals surface area (Å²) in [5, 5.41) is 0.883. The van der Waals surface area contributed by atoms with E-state index < -0.39 is 0 Å². The lowest BCUT2D eigenvalue weighted by Crippen LogP contribution is -2.07. The fourth-order valence-electron chi connectivity index (χ4n) is 1.84. The Morgan fingerprint density at radius 3 is 2.89 bits per heavy atom. The number of rotatable bonds is 3. The van der Waals surface area contributed by atoms with Crippen LogP contribution >= 0.6 is 15.9 Å². The van der Waals surface area contributed by atoms with Crippen LogP contribution < -0.4 is 0 Å². The van der Waals surface area contributed by atoms with Gasteiger partial charge < -0.3 is 9.88 Å². The second-order valence-electron chi connectivity index (χ2n) is 4.36. The Balaban J connectivity index is 2.48. The van der Waals surface area contributed by atoms with Gasteiger partial charge in [0, 0.05) is 43.0 Å². The second-order valence-corrected chi connectivity index (χ2v) is 5.17. The zero-order valence-corrected chi connectivity index (χ0v) is 12.1. The molecule has 0 aliphatic rings. The van der Waals surface area contributed by atoms with Crippen LogP contribution in [-0.2, 0) is 0 Å². The quantitative estimate of drug-likeness (QED) is 0.539. The van der Waals surface area contributed by atoms with Crippen molar-refractivity contribution < 1.29 is 4.79 Å². The van der Waals surface area contributed by atoms with Crippen molar-refractivity contribution in [1.29, 1.82) is 0 Å². The molecule has 2 aromatic heterocycles. The molecule has 0 spiro atoms. The molecular weight excluding hydrogens is 294 g/mol. The summed E-state index contributed by atoms with van der Waals surface area (Å²) < 4.78 is 0.720. The van der Waals surface area contributed by atoms with Crippen molar-refractivity contribution in [3.8, 4) is 0 Å². The lowest BCUT2D eigenvalue weighted by Gasteiger charge is -2.07. The molecule has 2 heterocycles. The molecule has 18 heavy (non-hydrogen) atoms. The highest BCUT2D eigenvalue weighted by molar-refractivity contribution is 9.10. The third kappa shape index (κ3) is 2.46. The zero-order valence-electron chi connectivity index (χ0n) is 10.5. The molecule has 0 amide bonds. The third-order valence-corrected chi connectivity index (χ3v) is 3.02. The fraction of sp³-hybridized carbons (Fsp3) is 0.231. The number of fused-ring (bicyclic) bond motifs is 1. The van der Waals surface area contributed by atoms with Crippen LogP contribution in [0.15, 0.2) is 34.8 Å². The number of pyridine rings is 1. The highest BCUT2D eigenvalue weighted by atomic mass is 79.9. The number of nitrogens with zero attached hydrogens (tertiary/aromatic N) is 2. The number of aromatic amines is 1. The predicted octanol–water partition coefficient (Wildman–Crippen LogP) is 2.97. The van der Waals surface area contributed by atoms with E-state index in [1.807, 2.05) is 38.2 Å². The van der Waals surface area contributed by atoms with Gasteiger partial charge in [0.25, 0.3) is 0 Å². The van der Waals surface area contributed by atoms with Crippen LogP contribution in [0.25, 0.3) is 10.9 Å². The monoisotopic (exact) mass is 307 g/mol. The molecule has 5 heteroatoms. The Morgan fingerprint density at radius 1 is 1.50 bits per heavy atom. The highest BCUT2D eigenvalue weighted by Crippen LogP contribution is 2.22. The van der Waals surface area contributed by atoms with Crippen molar-refractivity contribution in [2.45, 2.75) is 6.92 Å². The minimum Gasteiger partial charge on any atom is -0.383 e. The van der Waals surface area contributed by atoms with E-state index >= 15 is 0 Å². The number of carbonyl (C=O) groups is 1. The van der Waals surface area contributed by atoms with Crippen LogP contribution in [0, 0.1) is 0 Å². The molecule has 0 aromatic carbocycles. The van der Waals surface area contributed by atoms with Crippen molar-refractivity contribution >= 4 is 32.6 Å². The van der Waals surface area contributed by atoms with Gasteiger partial charge >= 0.3 is 0 Å². The van der Waals surface area contributed by atoms with Crippen molar-refractivity contribution in [2.24, 2.45) is 0 Å². The number of H-pyrrole nitrogens is 1. The van der Waals surface area contributed by atoms with E-state index in [4.69, 9.17) is 0 Å². The van der Waals surface area contributed by atoms with E-state index in [1.54, 1.807) is 12.4 Å². The summed E-state index contributed by atoms with van der Waals surface area (Å²) in [6.07, 6.45) is 5.26. The summed E-state index contributed by atoms with van der Waals surface area (Å²) in [7, 11) is 3.79. The van der Waals surface area contributed by atoms with Gasteiger partial charge in [-0.25, -0.2) is 4.98 Å². The second kappa shape index (κ2) is 4.94. The van der Waals surface area contributed by atoms with Gasteiger partial charge in [-0.15, -0.1) is 0 Å². The van der Waals surface area contributed by atoms with Crippen LogP contribution in [-0.4, -0.2) is 34.7 Å². The molecule has 0 saturated carbocycles. The summed E-state index contributed by atoms with van der Waals surface area (Å²) in [5.41, 5.74) is 2.23. The molecule has 0 aliphatic heterocycles. The zero-order chi connectivity index (χ0) is 13.3. The number of Topliss-reactive ketones (excluding diaryl/α,β-unsaturated/α-hetero) is 1. The topological polar surface area (TPSA) is 49.0 Å². The van der Waals surface area contributed by atoms with Crippen LogP contribution in [0.3, 0.4) is 0 Å². The number of ketones is 1. The molecule has 0 fully saturated rings. The molecule has 0 atom stereocenters. The first-order chi connectivity index (χ1) is 8.49. The van der Waals surface area contributed by atoms with Gasteiger partial charge in [-0.3, -0.25) is 4.79 Å². The van der Waals surface area contributed by atoms with E-state index in [0.29, 0.717) is 11.1 Å². The molecule has 0 saturated heterocycles. The van der Waals surface area contributed by atoms with E-state index in [9.17, 15) is 4.79 Å². The largest absolute Gasteiger partial charge is 0.383 e. The number of carbonyl (C=O) groups excluding carboxylic acids is 1. The molecule has 94 valence electrons. The number of halogens is 1. The maximum atomic E-state index is 12.3. The smallest absolute Gasteiger partial charge is 0.192 e. The summed E-state index contributed by atoms with van der Waals surface area (Å²) >= 11 is 3.32. The lowest BCUT2D eigenvalue weighted by atomic mass is 10.1. The summed E-state index contributed by atoms with van der Waals surface area (Å²) in [6, 6.07) is 1.85. The van der Waals surface area contributed by atoms with Gasteiger partial charge in [0.2, 0.25) is 0 Å². The average molecular weight is 308 g/mol. The highest BCUT2D eigenvalue weighted by Gasteiger charge is 2.14. The summed E-state index contributed by atoms with van der Waals surface area (Å²) in [5.74, 6) is 0.0213. The molecule has 0 aliphatic carbocycles. The van der Waals surface area contributed by atoms with Gasteiger partial charge in [-0.05, 0) is 28.9 Å². The maximum Gasteiger partial charge on any atom is 0.192 e. The molecule has 0 unspecified atom stereocenters. The van der Waals surface area contributed by atoms with Crippen molar-refractivity contribution in [1.82, 2.24) is 14.9 Å². The molecular formula is C13H14BrN3O. The Morgan fingerprint density at radius 2 is 2.22 bits per heavy atom. The van der Waals surface area contributed by atoms with E-state index in [0.717, 1.165) is 15.5 Å². The molecule has 1 N–H and O–H groups in total. The Kier molecular flexibility index (Phi) is 3.52. The molecule has 0 radical (unpaired) electrons. The molecule has 2 rings (SSSR count). The SMILES string of the molecule is C/C(=C\N(C)C)C(=O)c1c[nH]c2cnc(Br)cc12. The van der Waals surface area contributed by atoms with Crippen LogP contribution in [0.2, 0.25) is 0 Å². The Hall–Kier alpha value is -1.62. The van der Waals surface area contributed by atoms with Gasteiger partial charge in [0.15, 0.2) is 5.78 Å². The molecule has 4 nitrogen and oxygen atoms in total. The number of hydrogen-bond donors (Lipinski definition) is 1. The van der Waals surface area contributed by atoms with E-state index in [2.05, 4.69) is 25.9 Å². The van der Waals surface area contributed by atoms with Gasteiger partial charge in [0.05, 0.1) is 11.7 Å². The standard InChI is InChI=1S/C13H14BrN3O/c1-8(7-17(2)3)13(18)10-5-15-11-6-16-12(14)4-9(10)11/h4-7,15H,1-3H3/b8-7+. The Bertz CT molecular complexity index is 628. The van der Waals surface area contributed by atoms with Gasteiger partial charge in [-0.1, -0.05) is 0 Å². The van der Waals surface area contributed by atoms with Gasteiger partial charge in [0.1, 0.15) is 4.60 Å². The number of aromatic nitrogens is 2. The molecule has 2 aromatic rings. The normalized spacial score (nSPS) is 11.9. The molecule has 0 bridgehead atoms. The van der Waals surface area contributed by atoms with E-state index in [1.165, 1.54) is 0 Å². The summed E-state index contributed by atoms with van der Waals surface area (Å²) in [4.78, 5) is 21.4. The van der Waals surface area contributed by atoms with Crippen LogP contribution in [0.4, 0.5) is 0 Å². The number of allylic oxidation sites excluding steroid dienone is 1. The first-order valence-corrected chi connectivity index (χ1v) is 6.30. The van der Waals surface area contributed by atoms with Crippen molar-refractivity contribution in [3.05, 3.63) is 40.4 Å². The van der Waals surface area contributed by atoms with Gasteiger partial charge in [-0.2, -0.15) is 0 Å². The summed E-state index contributed by atoms with van der Waals surface area (Å²) in [6.45, 7) is 1.82. The lowest BCUT2D eigenvalue weighted by molar-refractivity contribution is 0.103.